The molecule has 0 unspecified atom stereocenters. The summed E-state index contributed by atoms with van der Waals surface area (Å²) in [6.07, 6.45) is 8.54. The second-order valence-electron chi connectivity index (χ2n) is 8.79. The van der Waals surface area contributed by atoms with Crippen molar-refractivity contribution in [1.29, 1.82) is 5.26 Å². The normalized spacial score (nSPS) is 14.8. The van der Waals surface area contributed by atoms with Gasteiger partial charge in [0.15, 0.2) is 5.60 Å². The van der Waals surface area contributed by atoms with Crippen molar-refractivity contribution in [3.8, 4) is 41.2 Å². The van der Waals surface area contributed by atoms with Gasteiger partial charge in [-0.25, -0.2) is 4.98 Å². The van der Waals surface area contributed by atoms with Gasteiger partial charge in [-0.05, 0) is 43.7 Å². The van der Waals surface area contributed by atoms with Crippen LogP contribution in [0.4, 0.5) is 8.78 Å². The molecule has 1 N–H and O–H groups in total. The largest absolute Gasteiger partial charge is 0.496 e. The lowest BCUT2D eigenvalue weighted by Gasteiger charge is -2.43. The fourth-order valence-electron chi connectivity index (χ4n) is 3.92. The molecule has 1 aliphatic rings. The number of aromatic nitrogens is 2. The molecule has 8 nitrogen and oxygen atoms in total. The third-order valence-corrected chi connectivity index (χ3v) is 5.99. The van der Waals surface area contributed by atoms with E-state index >= 15 is 0 Å². The van der Waals surface area contributed by atoms with Crippen LogP contribution >= 0.6 is 0 Å². The van der Waals surface area contributed by atoms with Crippen LogP contribution in [-0.4, -0.2) is 57.7 Å². The molecule has 35 heavy (non-hydrogen) atoms. The molecule has 4 rings (SSSR count). The number of halogens is 2. The lowest BCUT2D eigenvalue weighted by Crippen LogP contribution is -2.62. The number of hydrogen-bond donors (Lipinski definition) is 1. The minimum atomic E-state index is -3.20. The van der Waals surface area contributed by atoms with Gasteiger partial charge in [0.05, 0.1) is 43.6 Å². The minimum Gasteiger partial charge on any atom is -0.496 e. The Balaban J connectivity index is 1.80. The topological polar surface area (TPSA) is 100 Å². The van der Waals surface area contributed by atoms with Crippen LogP contribution < -0.4 is 9.47 Å². The summed E-state index contributed by atoms with van der Waals surface area (Å²) < 4.78 is 38.4. The predicted octanol–water partition coefficient (Wildman–Crippen LogP) is 3.23. The van der Waals surface area contributed by atoms with E-state index in [1.54, 1.807) is 42.8 Å². The molecule has 1 saturated heterocycles. The molecule has 0 saturated carbocycles. The van der Waals surface area contributed by atoms with Crippen LogP contribution in [0, 0.1) is 23.7 Å². The number of terminal acetylenes is 1. The van der Waals surface area contributed by atoms with Gasteiger partial charge in [0.25, 0.3) is 5.91 Å². The van der Waals surface area contributed by atoms with E-state index in [1.807, 2.05) is 0 Å². The number of hydrogen-bond acceptors (Lipinski definition) is 6. The van der Waals surface area contributed by atoms with Crippen molar-refractivity contribution in [3.63, 3.8) is 0 Å². The highest BCUT2D eigenvalue weighted by Gasteiger charge is 2.44. The first-order chi connectivity index (χ1) is 16.5. The maximum atomic E-state index is 13.3. The lowest BCUT2D eigenvalue weighted by atomic mass is 9.87. The van der Waals surface area contributed by atoms with Crippen LogP contribution in [0.3, 0.4) is 0 Å². The molecule has 3 heterocycles. The van der Waals surface area contributed by atoms with Gasteiger partial charge in [0, 0.05) is 11.8 Å². The highest BCUT2D eigenvalue weighted by atomic mass is 19.3. The minimum absolute atomic E-state index is 0.0106. The second-order valence-corrected chi connectivity index (χ2v) is 8.79. The average molecular weight is 480 g/mol. The van der Waals surface area contributed by atoms with E-state index in [0.29, 0.717) is 16.9 Å². The zero-order chi connectivity index (χ0) is 25.5. The van der Waals surface area contributed by atoms with Crippen LogP contribution in [0.15, 0.2) is 36.7 Å². The first-order valence-corrected chi connectivity index (χ1v) is 10.6. The number of imidazole rings is 1. The molecule has 1 fully saturated rings. The predicted molar refractivity (Wildman–Crippen MR) is 122 cm³/mol. The zero-order valence-corrected chi connectivity index (χ0v) is 19.2. The van der Waals surface area contributed by atoms with Crippen LogP contribution in [-0.2, 0) is 5.41 Å². The van der Waals surface area contributed by atoms with Gasteiger partial charge in [-0.1, -0.05) is 5.92 Å². The summed E-state index contributed by atoms with van der Waals surface area (Å²) in [5.74, 6) is 1.17. The second kappa shape index (κ2) is 8.57. The highest BCUT2D eigenvalue weighted by Crippen LogP contribution is 2.38. The van der Waals surface area contributed by atoms with E-state index in [9.17, 15) is 23.9 Å². The molecule has 0 spiro atoms. The van der Waals surface area contributed by atoms with Crippen molar-refractivity contribution in [1.82, 2.24) is 14.3 Å². The maximum absolute atomic E-state index is 13.3. The molecule has 2 aromatic heterocycles. The molecular weight excluding hydrogens is 458 g/mol. The van der Waals surface area contributed by atoms with Gasteiger partial charge >= 0.3 is 6.61 Å². The van der Waals surface area contributed by atoms with Gasteiger partial charge in [0.2, 0.25) is 0 Å². The SMILES string of the molecule is C#CC1(O)CN(C(=O)c2c(OC)cc(-c3cnc4cc(C(C)(C)C#N)ccn34)cc2OC(F)F)C1. The number of likely N-dealkylation sites (tertiary alicyclic amines) is 1. The van der Waals surface area contributed by atoms with Crippen molar-refractivity contribution in [2.45, 2.75) is 31.5 Å². The number of nitrogens with zero attached hydrogens (tertiary/aromatic N) is 4. The van der Waals surface area contributed by atoms with Gasteiger partial charge in [-0.3, -0.25) is 9.20 Å². The van der Waals surface area contributed by atoms with E-state index in [4.69, 9.17) is 15.9 Å². The lowest BCUT2D eigenvalue weighted by molar-refractivity contribution is -0.0523. The number of amides is 1. The fraction of sp³-hybridized carbons (Fsp3) is 0.320. The Morgan fingerprint density at radius 1 is 1.31 bits per heavy atom. The number of methoxy groups -OCH3 is 1. The molecular formula is C25H22F2N4O4. The molecule has 0 radical (unpaired) electrons. The number of pyridine rings is 1. The quantitative estimate of drug-likeness (QED) is 0.544. The van der Waals surface area contributed by atoms with Crippen molar-refractivity contribution in [2.75, 3.05) is 20.2 Å². The van der Waals surface area contributed by atoms with Crippen LogP contribution in [0.25, 0.3) is 16.9 Å². The van der Waals surface area contributed by atoms with Gasteiger partial charge < -0.3 is 19.5 Å². The Kier molecular flexibility index (Phi) is 5.87. The van der Waals surface area contributed by atoms with Crippen molar-refractivity contribution in [3.05, 3.63) is 47.8 Å². The van der Waals surface area contributed by atoms with E-state index in [0.717, 1.165) is 5.56 Å². The summed E-state index contributed by atoms with van der Waals surface area (Å²) in [5.41, 5.74) is -0.123. The number of ether oxygens (including phenoxy) is 2. The Morgan fingerprint density at radius 3 is 2.60 bits per heavy atom. The van der Waals surface area contributed by atoms with Crippen LogP contribution in [0.5, 0.6) is 11.5 Å². The Morgan fingerprint density at radius 2 is 2.00 bits per heavy atom. The molecule has 3 aromatic rings. The summed E-state index contributed by atoms with van der Waals surface area (Å²) in [4.78, 5) is 18.7. The monoisotopic (exact) mass is 480 g/mol. The molecule has 1 aromatic carbocycles. The van der Waals surface area contributed by atoms with E-state index in [1.165, 1.54) is 24.1 Å². The van der Waals surface area contributed by atoms with Crippen LogP contribution in [0.2, 0.25) is 0 Å². The van der Waals surface area contributed by atoms with Crippen molar-refractivity contribution in [2.24, 2.45) is 0 Å². The molecule has 180 valence electrons. The summed E-state index contributed by atoms with van der Waals surface area (Å²) in [5, 5.41) is 19.5. The van der Waals surface area contributed by atoms with E-state index < -0.39 is 23.5 Å². The summed E-state index contributed by atoms with van der Waals surface area (Å²) in [6, 6.07) is 8.63. The molecule has 0 atom stereocenters. The molecule has 0 bridgehead atoms. The number of aliphatic hydroxyl groups is 1. The van der Waals surface area contributed by atoms with Gasteiger partial charge in [0.1, 0.15) is 22.7 Å². The standard InChI is InChI=1S/C25H22F2N4O4/c1-5-25(33)13-30(14-25)22(32)21-18(34-4)8-15(9-19(21)35-23(26)27)17-11-29-20-10-16(6-7-31(17)20)24(2,3)12-28/h1,6-11,23,33H,13-14H2,2-4H3. The van der Waals surface area contributed by atoms with Gasteiger partial charge in [-0.2, -0.15) is 14.0 Å². The van der Waals surface area contributed by atoms with Crippen molar-refractivity contribution < 1.29 is 28.2 Å². The van der Waals surface area contributed by atoms with Crippen molar-refractivity contribution >= 4 is 11.6 Å². The molecule has 1 amide bonds. The smallest absolute Gasteiger partial charge is 0.387 e. The zero-order valence-electron chi connectivity index (χ0n) is 19.2. The molecule has 1 aliphatic heterocycles. The molecule has 0 aliphatic carbocycles. The first-order valence-electron chi connectivity index (χ1n) is 10.6. The van der Waals surface area contributed by atoms with Gasteiger partial charge in [-0.15, -0.1) is 6.42 Å². The summed E-state index contributed by atoms with van der Waals surface area (Å²) in [6.45, 7) is 0.101. The Labute approximate surface area is 200 Å². The fourth-order valence-corrected chi connectivity index (χ4v) is 3.92. The number of benzene rings is 1. The first kappa shape index (κ1) is 24.0. The Bertz CT molecular complexity index is 1390. The van der Waals surface area contributed by atoms with Crippen LogP contribution in [0.1, 0.15) is 29.8 Å². The summed E-state index contributed by atoms with van der Waals surface area (Å²) >= 11 is 0. The highest BCUT2D eigenvalue weighted by molar-refractivity contribution is 6.01. The summed E-state index contributed by atoms with van der Waals surface area (Å²) in [7, 11) is 1.31. The average Bonchev–Trinajstić information content (AvgIpc) is 3.24. The molecule has 10 heteroatoms. The number of rotatable bonds is 6. The number of fused-ring (bicyclic) bond motifs is 1. The van der Waals surface area contributed by atoms with E-state index in [-0.39, 0.29) is 30.2 Å². The maximum Gasteiger partial charge on any atom is 0.387 e. The number of carbonyl (C=O) groups excluding carboxylic acids is 1. The number of alkyl halides is 2. The third-order valence-electron chi connectivity index (χ3n) is 5.99. The van der Waals surface area contributed by atoms with E-state index in [2.05, 4.69) is 17.0 Å². The number of β-amino-alcohol motifs (C(OH)–C–C–N with tert-alkyl or cyclic N) is 1. The third kappa shape index (κ3) is 4.25. The Hall–Kier alpha value is -4.15. The number of nitriles is 1. The number of carbonyl (C=O) groups is 1.